The zero-order valence-corrected chi connectivity index (χ0v) is 18.1. The molecule has 1 aromatic rings. The molecule has 0 bridgehead atoms. The van der Waals surface area contributed by atoms with E-state index in [2.05, 4.69) is 26.2 Å². The molecule has 1 saturated heterocycles. The summed E-state index contributed by atoms with van der Waals surface area (Å²) < 4.78 is 12.0. The summed E-state index contributed by atoms with van der Waals surface area (Å²) in [5.41, 5.74) is 0.0394. The van der Waals surface area contributed by atoms with Crippen LogP contribution < -0.4 is 10.1 Å². The minimum atomic E-state index is -0.512. The number of hydrogen-bond acceptors (Lipinski definition) is 5. The fourth-order valence-electron chi connectivity index (χ4n) is 2.78. The van der Waals surface area contributed by atoms with Crippen molar-refractivity contribution in [3.05, 3.63) is 21.4 Å². The molecule has 1 fully saturated rings. The Kier molecular flexibility index (Phi) is 7.73. The summed E-state index contributed by atoms with van der Waals surface area (Å²) in [6.07, 6.45) is 2.17. The zero-order chi connectivity index (χ0) is 20.0. The fourth-order valence-corrected chi connectivity index (χ4v) is 3.23. The molecule has 2 rings (SSSR count). The molecule has 0 radical (unpaired) electrons. The van der Waals surface area contributed by atoms with Crippen LogP contribution in [0.25, 0.3) is 0 Å². The van der Waals surface area contributed by atoms with Crippen LogP contribution in [0.4, 0.5) is 4.79 Å². The highest BCUT2D eigenvalue weighted by Gasteiger charge is 2.28. The summed E-state index contributed by atoms with van der Waals surface area (Å²) in [5, 5.41) is 2.87. The van der Waals surface area contributed by atoms with Crippen LogP contribution in [0.5, 0.6) is 5.75 Å². The first-order valence-corrected chi connectivity index (χ1v) is 9.99. The van der Waals surface area contributed by atoms with E-state index in [0.717, 1.165) is 12.8 Å². The van der Waals surface area contributed by atoms with Gasteiger partial charge in [0, 0.05) is 19.0 Å². The molecule has 27 heavy (non-hydrogen) atoms. The highest BCUT2D eigenvalue weighted by molar-refractivity contribution is 9.10. The minimum absolute atomic E-state index is 0.188. The molecule has 7 nitrogen and oxygen atoms in total. The summed E-state index contributed by atoms with van der Waals surface area (Å²) in [6.45, 7) is 7.50. The van der Waals surface area contributed by atoms with Crippen LogP contribution in [0.1, 0.15) is 39.3 Å². The molecule has 0 saturated carbocycles. The maximum Gasteiger partial charge on any atom is 0.410 e. The number of carbonyl (C=O) groups excluding carboxylic acids is 2. The third-order valence-electron chi connectivity index (χ3n) is 3.97. The number of halogens is 2. The fraction of sp³-hybridized carbons (Fsp3) is 0.611. The molecule has 1 aromatic heterocycles. The van der Waals surface area contributed by atoms with E-state index in [-0.39, 0.29) is 18.6 Å². The first-order chi connectivity index (χ1) is 12.7. The molecule has 0 aliphatic carbocycles. The highest BCUT2D eigenvalue weighted by atomic mass is 79.9. The summed E-state index contributed by atoms with van der Waals surface area (Å²) in [4.78, 5) is 28.8. The van der Waals surface area contributed by atoms with E-state index >= 15 is 0 Å². The van der Waals surface area contributed by atoms with E-state index in [1.54, 1.807) is 11.0 Å². The van der Waals surface area contributed by atoms with Crippen molar-refractivity contribution in [1.29, 1.82) is 0 Å². The molecule has 9 heteroatoms. The van der Waals surface area contributed by atoms with Crippen molar-refractivity contribution in [3.8, 4) is 5.75 Å². The summed E-state index contributed by atoms with van der Waals surface area (Å²) in [6, 6.07) is 1.74. The predicted molar refractivity (Wildman–Crippen MR) is 106 cm³/mol. The van der Waals surface area contributed by atoms with E-state index in [4.69, 9.17) is 21.1 Å². The van der Waals surface area contributed by atoms with Crippen molar-refractivity contribution < 1.29 is 19.1 Å². The number of ether oxygens (including phenoxy) is 2. The Morgan fingerprint density at radius 3 is 2.93 bits per heavy atom. The van der Waals surface area contributed by atoms with Crippen LogP contribution >= 0.6 is 27.5 Å². The van der Waals surface area contributed by atoms with E-state index < -0.39 is 5.60 Å². The molecule has 2 heterocycles. The van der Waals surface area contributed by atoms with Gasteiger partial charge in [-0.2, -0.15) is 0 Å². The van der Waals surface area contributed by atoms with Crippen molar-refractivity contribution in [2.75, 3.05) is 19.7 Å². The Morgan fingerprint density at radius 1 is 1.52 bits per heavy atom. The lowest BCUT2D eigenvalue weighted by atomic mass is 9.99. The van der Waals surface area contributed by atoms with Gasteiger partial charge in [0.2, 0.25) is 6.41 Å². The maximum atomic E-state index is 12.3. The van der Waals surface area contributed by atoms with Crippen LogP contribution in [0.3, 0.4) is 0 Å². The van der Waals surface area contributed by atoms with Crippen LogP contribution in [-0.4, -0.2) is 47.7 Å². The molecule has 1 aliphatic rings. The standard InChI is InChI=1S/C18H25BrClN3O4/c1-18(2,3)27-17(25)23-6-4-5-12(9-23)10-26-15-7-13(19)16(20)22-14(15)8-21-11-24/h7,11-12H,4-6,8-10H2,1-3H3,(H,21,24)/t12-/m1/s1. The van der Waals surface area contributed by atoms with Crippen LogP contribution in [0.15, 0.2) is 10.5 Å². The molecule has 0 aromatic carbocycles. The monoisotopic (exact) mass is 461 g/mol. The van der Waals surface area contributed by atoms with Crippen molar-refractivity contribution >= 4 is 40.0 Å². The molecule has 150 valence electrons. The average Bonchev–Trinajstić information content (AvgIpc) is 2.60. The number of carbonyl (C=O) groups is 2. The second-order valence-electron chi connectivity index (χ2n) is 7.45. The van der Waals surface area contributed by atoms with Gasteiger partial charge in [0.1, 0.15) is 22.2 Å². The first kappa shape index (κ1) is 21.8. The molecule has 0 unspecified atom stereocenters. The van der Waals surface area contributed by atoms with Gasteiger partial charge < -0.3 is 19.7 Å². The highest BCUT2D eigenvalue weighted by Crippen LogP contribution is 2.29. The summed E-state index contributed by atoms with van der Waals surface area (Å²) in [7, 11) is 0. The quantitative estimate of drug-likeness (QED) is 0.514. The third kappa shape index (κ3) is 6.84. The summed E-state index contributed by atoms with van der Waals surface area (Å²) in [5.74, 6) is 0.739. The molecule has 2 amide bonds. The number of aromatic nitrogens is 1. The number of pyridine rings is 1. The van der Waals surface area contributed by atoms with E-state index in [9.17, 15) is 9.59 Å². The Bertz CT molecular complexity index is 681. The average molecular weight is 463 g/mol. The number of rotatable bonds is 6. The lowest BCUT2D eigenvalue weighted by Crippen LogP contribution is -2.44. The van der Waals surface area contributed by atoms with Gasteiger partial charge in [-0.05, 0) is 55.6 Å². The Labute approximate surface area is 172 Å². The van der Waals surface area contributed by atoms with Crippen LogP contribution in [-0.2, 0) is 16.1 Å². The normalized spacial score (nSPS) is 17.4. The largest absolute Gasteiger partial charge is 0.491 e. The Hall–Kier alpha value is -1.54. The number of amides is 2. The topological polar surface area (TPSA) is 80.8 Å². The van der Waals surface area contributed by atoms with Gasteiger partial charge >= 0.3 is 6.09 Å². The molecule has 1 atom stereocenters. The van der Waals surface area contributed by atoms with E-state index in [0.29, 0.717) is 47.2 Å². The first-order valence-electron chi connectivity index (χ1n) is 8.82. The number of likely N-dealkylation sites (tertiary alicyclic amines) is 1. The van der Waals surface area contributed by atoms with Gasteiger partial charge in [-0.1, -0.05) is 11.6 Å². The number of nitrogens with one attached hydrogen (secondary N) is 1. The van der Waals surface area contributed by atoms with Gasteiger partial charge in [-0.25, -0.2) is 9.78 Å². The Balaban J connectivity index is 1.98. The van der Waals surface area contributed by atoms with E-state index in [1.807, 2.05) is 20.8 Å². The van der Waals surface area contributed by atoms with Gasteiger partial charge in [-0.3, -0.25) is 4.79 Å². The van der Waals surface area contributed by atoms with Crippen molar-refractivity contribution in [3.63, 3.8) is 0 Å². The molecular weight excluding hydrogens is 438 g/mol. The number of hydrogen-bond donors (Lipinski definition) is 1. The van der Waals surface area contributed by atoms with Crippen molar-refractivity contribution in [2.24, 2.45) is 5.92 Å². The third-order valence-corrected chi connectivity index (χ3v) is 5.09. The number of piperidine rings is 1. The van der Waals surface area contributed by atoms with Crippen LogP contribution in [0.2, 0.25) is 5.15 Å². The van der Waals surface area contributed by atoms with Crippen molar-refractivity contribution in [2.45, 2.75) is 45.8 Å². The molecule has 1 N–H and O–H groups in total. The second kappa shape index (κ2) is 9.59. The SMILES string of the molecule is CC(C)(C)OC(=O)N1CCC[C@@H](COc2cc(Br)c(Cl)nc2CNC=O)C1. The number of nitrogens with zero attached hydrogens (tertiary/aromatic N) is 2. The minimum Gasteiger partial charge on any atom is -0.491 e. The predicted octanol–water partition coefficient (Wildman–Crippen LogP) is 3.77. The van der Waals surface area contributed by atoms with Crippen LogP contribution in [0, 0.1) is 5.92 Å². The van der Waals surface area contributed by atoms with E-state index in [1.165, 1.54) is 0 Å². The molecular formula is C18H25BrClN3O4. The molecule has 0 spiro atoms. The van der Waals surface area contributed by atoms with Crippen molar-refractivity contribution in [1.82, 2.24) is 15.2 Å². The second-order valence-corrected chi connectivity index (χ2v) is 8.66. The lowest BCUT2D eigenvalue weighted by Gasteiger charge is -2.34. The van der Waals surface area contributed by atoms with Gasteiger partial charge in [0.05, 0.1) is 17.6 Å². The zero-order valence-electron chi connectivity index (χ0n) is 15.8. The Morgan fingerprint density at radius 2 is 2.26 bits per heavy atom. The molecule has 1 aliphatic heterocycles. The van der Waals surface area contributed by atoms with Gasteiger partial charge in [0.25, 0.3) is 0 Å². The van der Waals surface area contributed by atoms with Gasteiger partial charge in [-0.15, -0.1) is 0 Å². The van der Waals surface area contributed by atoms with Gasteiger partial charge in [0.15, 0.2) is 0 Å². The smallest absolute Gasteiger partial charge is 0.410 e. The summed E-state index contributed by atoms with van der Waals surface area (Å²) >= 11 is 9.37. The lowest BCUT2D eigenvalue weighted by molar-refractivity contribution is -0.109. The maximum absolute atomic E-state index is 12.3.